The van der Waals surface area contributed by atoms with Gasteiger partial charge in [-0.25, -0.2) is 8.97 Å². The van der Waals surface area contributed by atoms with Gasteiger partial charge in [0, 0.05) is 0 Å². The number of nitrogens with zero attached hydrogens (tertiary/aromatic N) is 2. The Bertz CT molecular complexity index is 452. The Morgan fingerprint density at radius 3 is 3.00 bits per heavy atom. The van der Waals surface area contributed by atoms with E-state index < -0.39 is 0 Å². The van der Waals surface area contributed by atoms with Crippen molar-refractivity contribution in [3.8, 4) is 0 Å². The summed E-state index contributed by atoms with van der Waals surface area (Å²) >= 11 is 0. The molecule has 2 nitrogen and oxygen atoms in total. The molecular weight excluding hydrogens is 160 g/mol. The molecule has 2 heterocycles. The molecule has 0 amide bonds. The number of fused-ring (bicyclic) bond motifs is 1. The predicted molar refractivity (Wildman–Crippen MR) is 53.3 cm³/mol. The smallest absolute Gasteiger partial charge is 0.232 e. The third-order valence-electron chi connectivity index (χ3n) is 2.15. The van der Waals surface area contributed by atoms with Crippen LogP contribution in [0.15, 0.2) is 36.8 Å². The summed E-state index contributed by atoms with van der Waals surface area (Å²) in [7, 11) is 2.06. The summed E-state index contributed by atoms with van der Waals surface area (Å²) < 4.78 is 4.24. The third-order valence-corrected chi connectivity index (χ3v) is 2.15. The van der Waals surface area contributed by atoms with Crippen molar-refractivity contribution >= 4 is 11.6 Å². The lowest BCUT2D eigenvalue weighted by molar-refractivity contribution is -0.671. The van der Waals surface area contributed by atoms with Gasteiger partial charge in [0.05, 0.1) is 13.2 Å². The van der Waals surface area contributed by atoms with Crippen LogP contribution in [-0.2, 0) is 7.05 Å². The van der Waals surface area contributed by atoms with E-state index in [1.165, 1.54) is 11.2 Å². The Labute approximate surface area is 77.7 Å². The Balaban J connectivity index is 2.78. The fraction of sp³-hybridized carbons (Fsp3) is 0.182. The van der Waals surface area contributed by atoms with Crippen LogP contribution in [0.4, 0.5) is 0 Å². The van der Waals surface area contributed by atoms with Crippen molar-refractivity contribution in [2.24, 2.45) is 7.05 Å². The molecule has 0 fully saturated rings. The molecule has 0 aromatic carbocycles. The van der Waals surface area contributed by atoms with Gasteiger partial charge in [0.2, 0.25) is 6.33 Å². The fourth-order valence-corrected chi connectivity index (χ4v) is 1.56. The van der Waals surface area contributed by atoms with Crippen LogP contribution in [0.25, 0.3) is 11.6 Å². The van der Waals surface area contributed by atoms with Crippen LogP contribution in [0.1, 0.15) is 12.6 Å². The standard InChI is InChI=1S/C11H13N2/c1-3-6-10-11-7-4-5-8-13(11)9-12(10)2/h3-9H,1-2H3/q+1/b6-3-. The lowest BCUT2D eigenvalue weighted by atomic mass is 10.3. The average molecular weight is 173 g/mol. The third kappa shape index (κ3) is 1.24. The van der Waals surface area contributed by atoms with Gasteiger partial charge in [-0.3, -0.25) is 0 Å². The monoisotopic (exact) mass is 173 g/mol. The highest BCUT2D eigenvalue weighted by Crippen LogP contribution is 2.08. The number of aryl methyl sites for hydroxylation is 1. The van der Waals surface area contributed by atoms with Gasteiger partial charge in [0.25, 0.3) is 0 Å². The molecule has 0 atom stereocenters. The molecule has 0 N–H and O–H groups in total. The van der Waals surface area contributed by atoms with Gasteiger partial charge >= 0.3 is 0 Å². The van der Waals surface area contributed by atoms with Crippen LogP contribution in [0, 0.1) is 0 Å². The van der Waals surface area contributed by atoms with Crippen molar-refractivity contribution in [3.05, 3.63) is 42.5 Å². The lowest BCUT2D eigenvalue weighted by Crippen LogP contribution is -2.27. The fourth-order valence-electron chi connectivity index (χ4n) is 1.56. The van der Waals surface area contributed by atoms with Gasteiger partial charge in [0.15, 0.2) is 11.2 Å². The largest absolute Gasteiger partial charge is 0.249 e. The molecule has 0 bridgehead atoms. The van der Waals surface area contributed by atoms with Crippen molar-refractivity contribution < 1.29 is 4.57 Å². The van der Waals surface area contributed by atoms with E-state index in [-0.39, 0.29) is 0 Å². The SMILES string of the molecule is C/C=C\c1c2ccccn2c[n+]1C. The lowest BCUT2D eigenvalue weighted by Gasteiger charge is -1.86. The summed E-state index contributed by atoms with van der Waals surface area (Å²) in [5.41, 5.74) is 2.48. The Kier molecular flexibility index (Phi) is 1.89. The van der Waals surface area contributed by atoms with Crippen molar-refractivity contribution in [1.29, 1.82) is 0 Å². The summed E-state index contributed by atoms with van der Waals surface area (Å²) in [6.07, 6.45) is 8.31. The van der Waals surface area contributed by atoms with E-state index in [0.717, 1.165) is 0 Å². The van der Waals surface area contributed by atoms with Gasteiger partial charge in [-0.1, -0.05) is 12.1 Å². The maximum absolute atomic E-state index is 2.12. The average Bonchev–Trinajstić information content (AvgIpc) is 2.44. The van der Waals surface area contributed by atoms with Crippen LogP contribution >= 0.6 is 0 Å². The first-order valence-electron chi connectivity index (χ1n) is 4.41. The van der Waals surface area contributed by atoms with Crippen LogP contribution in [0.5, 0.6) is 0 Å². The number of rotatable bonds is 1. The van der Waals surface area contributed by atoms with Gasteiger partial charge in [-0.15, -0.1) is 0 Å². The van der Waals surface area contributed by atoms with E-state index in [4.69, 9.17) is 0 Å². The van der Waals surface area contributed by atoms with Crippen LogP contribution in [-0.4, -0.2) is 4.40 Å². The van der Waals surface area contributed by atoms with E-state index in [1.807, 2.05) is 13.0 Å². The topological polar surface area (TPSA) is 8.29 Å². The number of allylic oxidation sites excluding steroid dienone is 1. The molecule has 0 saturated heterocycles. The summed E-state index contributed by atoms with van der Waals surface area (Å²) in [5, 5.41) is 0. The molecule has 13 heavy (non-hydrogen) atoms. The Morgan fingerprint density at radius 1 is 1.38 bits per heavy atom. The normalized spacial score (nSPS) is 11.5. The van der Waals surface area contributed by atoms with Crippen molar-refractivity contribution in [2.45, 2.75) is 6.92 Å². The quantitative estimate of drug-likeness (QED) is 0.581. The molecule has 0 saturated carbocycles. The molecule has 66 valence electrons. The van der Waals surface area contributed by atoms with E-state index in [9.17, 15) is 0 Å². The number of aromatic nitrogens is 2. The minimum atomic E-state index is 1.24. The second-order valence-electron chi connectivity index (χ2n) is 3.10. The van der Waals surface area contributed by atoms with E-state index in [1.54, 1.807) is 0 Å². The highest BCUT2D eigenvalue weighted by atomic mass is 15.1. The van der Waals surface area contributed by atoms with Crippen molar-refractivity contribution in [1.82, 2.24) is 4.40 Å². The zero-order valence-electron chi connectivity index (χ0n) is 7.94. The molecule has 0 aliphatic heterocycles. The zero-order chi connectivity index (χ0) is 9.26. The molecule has 0 radical (unpaired) electrons. The van der Waals surface area contributed by atoms with E-state index in [0.29, 0.717) is 0 Å². The molecule has 2 rings (SSSR count). The maximum Gasteiger partial charge on any atom is 0.249 e. The summed E-state index contributed by atoms with van der Waals surface area (Å²) in [6, 6.07) is 6.21. The Morgan fingerprint density at radius 2 is 2.23 bits per heavy atom. The zero-order valence-corrected chi connectivity index (χ0v) is 7.94. The first-order chi connectivity index (χ1) is 6.33. The molecule has 0 aliphatic rings. The maximum atomic E-state index is 2.12. The first kappa shape index (κ1) is 8.05. The minimum absolute atomic E-state index is 1.24. The summed E-state index contributed by atoms with van der Waals surface area (Å²) in [5.74, 6) is 0. The van der Waals surface area contributed by atoms with Gasteiger partial charge in [-0.05, 0) is 25.1 Å². The highest BCUT2D eigenvalue weighted by Gasteiger charge is 2.09. The highest BCUT2D eigenvalue weighted by molar-refractivity contribution is 5.63. The number of imidazole rings is 1. The van der Waals surface area contributed by atoms with Crippen molar-refractivity contribution in [2.75, 3.05) is 0 Å². The minimum Gasteiger partial charge on any atom is -0.232 e. The van der Waals surface area contributed by atoms with E-state index in [2.05, 4.69) is 52.8 Å². The van der Waals surface area contributed by atoms with Gasteiger partial charge in [0.1, 0.15) is 0 Å². The summed E-state index contributed by atoms with van der Waals surface area (Å²) in [6.45, 7) is 2.03. The molecule has 0 aliphatic carbocycles. The molecule has 2 aromatic rings. The van der Waals surface area contributed by atoms with Crippen molar-refractivity contribution in [3.63, 3.8) is 0 Å². The van der Waals surface area contributed by atoms with Gasteiger partial charge in [-0.2, -0.15) is 0 Å². The Hall–Kier alpha value is -1.57. The first-order valence-corrected chi connectivity index (χ1v) is 4.41. The van der Waals surface area contributed by atoms with Crippen LogP contribution in [0.2, 0.25) is 0 Å². The van der Waals surface area contributed by atoms with Crippen LogP contribution in [0.3, 0.4) is 0 Å². The number of pyridine rings is 1. The number of hydrogen-bond acceptors (Lipinski definition) is 0. The predicted octanol–water partition coefficient (Wildman–Crippen LogP) is 1.80. The van der Waals surface area contributed by atoms with Crippen LogP contribution < -0.4 is 4.57 Å². The van der Waals surface area contributed by atoms with E-state index >= 15 is 0 Å². The van der Waals surface area contributed by atoms with Gasteiger partial charge < -0.3 is 0 Å². The molecule has 0 unspecified atom stereocenters. The summed E-state index contributed by atoms with van der Waals surface area (Å²) in [4.78, 5) is 0. The second kappa shape index (κ2) is 3.05. The molecular formula is C11H13N2+. The molecule has 0 spiro atoms. The molecule has 2 heteroatoms. The second-order valence-corrected chi connectivity index (χ2v) is 3.10. The number of hydrogen-bond donors (Lipinski definition) is 0. The molecule has 2 aromatic heterocycles.